The minimum absolute atomic E-state index is 0.0160. The van der Waals surface area contributed by atoms with E-state index in [-0.39, 0.29) is 24.0 Å². The molecule has 1 aromatic heterocycles. The lowest BCUT2D eigenvalue weighted by atomic mass is 9.98. The van der Waals surface area contributed by atoms with Gasteiger partial charge in [-0.1, -0.05) is 32.4 Å². The summed E-state index contributed by atoms with van der Waals surface area (Å²) in [5.41, 5.74) is 1.88. The number of hydrogen-bond acceptors (Lipinski definition) is 4. The fourth-order valence-electron chi connectivity index (χ4n) is 3.61. The van der Waals surface area contributed by atoms with E-state index in [1.807, 2.05) is 56.5 Å². The lowest BCUT2D eigenvalue weighted by Gasteiger charge is -2.26. The van der Waals surface area contributed by atoms with Gasteiger partial charge in [0.25, 0.3) is 0 Å². The third-order valence-electron chi connectivity index (χ3n) is 5.51. The number of rotatable bonds is 9. The first-order chi connectivity index (χ1) is 14.4. The third-order valence-corrected chi connectivity index (χ3v) is 5.51. The van der Waals surface area contributed by atoms with Crippen molar-refractivity contribution >= 4 is 28.9 Å². The minimum atomic E-state index is -0.591. The van der Waals surface area contributed by atoms with Crippen molar-refractivity contribution in [3.05, 3.63) is 24.3 Å². The average Bonchev–Trinajstić information content (AvgIpc) is 3.30. The molecule has 0 aliphatic carbocycles. The van der Waals surface area contributed by atoms with E-state index in [1.54, 1.807) is 4.90 Å². The summed E-state index contributed by atoms with van der Waals surface area (Å²) in [5.74, 6) is 0.486. The zero-order valence-electron chi connectivity index (χ0n) is 18.4. The van der Waals surface area contributed by atoms with E-state index >= 15 is 0 Å². The Morgan fingerprint density at radius 3 is 2.70 bits per heavy atom. The van der Waals surface area contributed by atoms with Crippen LogP contribution in [-0.4, -0.2) is 53.3 Å². The molecule has 0 radical (unpaired) electrons. The fourth-order valence-corrected chi connectivity index (χ4v) is 3.61. The van der Waals surface area contributed by atoms with Gasteiger partial charge in [-0.25, -0.2) is 9.78 Å². The van der Waals surface area contributed by atoms with Gasteiger partial charge in [0.2, 0.25) is 11.9 Å². The molecule has 3 amide bonds. The lowest BCUT2D eigenvalue weighted by Crippen LogP contribution is -2.54. The van der Waals surface area contributed by atoms with E-state index in [1.165, 1.54) is 0 Å². The number of imidazole rings is 1. The first kappa shape index (κ1) is 22.1. The summed E-state index contributed by atoms with van der Waals surface area (Å²) in [6, 6.07) is 6.97. The summed E-state index contributed by atoms with van der Waals surface area (Å²) in [6.45, 7) is 10.3. The number of nitrogens with zero attached hydrogens (tertiary/aromatic N) is 3. The summed E-state index contributed by atoms with van der Waals surface area (Å²) >= 11 is 0. The van der Waals surface area contributed by atoms with Gasteiger partial charge in [-0.3, -0.25) is 9.69 Å². The second kappa shape index (κ2) is 9.93. The zero-order chi connectivity index (χ0) is 21.7. The molecule has 2 aromatic rings. The number of anilines is 1. The molecule has 0 fully saturated rings. The summed E-state index contributed by atoms with van der Waals surface area (Å²) in [5, 5.41) is 5.88. The monoisotopic (exact) mass is 415 g/mol. The second-order valence-corrected chi connectivity index (χ2v) is 8.08. The maximum atomic E-state index is 13.0. The number of carbonyl (C=O) groups is 2. The van der Waals surface area contributed by atoms with Gasteiger partial charge in [-0.05, 0) is 38.3 Å². The number of para-hydroxylation sites is 2. The van der Waals surface area contributed by atoms with Crippen molar-refractivity contribution in [3.63, 3.8) is 0 Å². The molecule has 1 aromatic carbocycles. The van der Waals surface area contributed by atoms with E-state index in [9.17, 15) is 9.59 Å². The number of carbonyl (C=O) groups excluding carboxylic acids is 2. The number of hydrogen-bond donors (Lipinski definition) is 2. The molecule has 0 spiro atoms. The summed E-state index contributed by atoms with van der Waals surface area (Å²) < 4.78 is 7.55. The third kappa shape index (κ3) is 4.92. The molecule has 0 saturated carbocycles. The van der Waals surface area contributed by atoms with Crippen LogP contribution in [0.5, 0.6) is 0 Å². The van der Waals surface area contributed by atoms with Crippen molar-refractivity contribution in [2.45, 2.75) is 59.2 Å². The molecule has 0 saturated heterocycles. The van der Waals surface area contributed by atoms with Crippen molar-refractivity contribution in [2.75, 3.05) is 24.6 Å². The van der Waals surface area contributed by atoms with E-state index in [4.69, 9.17) is 4.74 Å². The molecular weight excluding hydrogens is 382 g/mol. The number of amides is 3. The van der Waals surface area contributed by atoms with Crippen LogP contribution < -0.4 is 15.5 Å². The average molecular weight is 416 g/mol. The molecule has 2 atom stereocenters. The first-order valence-corrected chi connectivity index (χ1v) is 10.8. The number of urea groups is 1. The first-order valence-electron chi connectivity index (χ1n) is 10.8. The van der Waals surface area contributed by atoms with Gasteiger partial charge in [0.05, 0.1) is 17.1 Å². The van der Waals surface area contributed by atoms with Crippen LogP contribution in [0.1, 0.15) is 40.5 Å². The van der Waals surface area contributed by atoms with Crippen LogP contribution in [0.2, 0.25) is 0 Å². The normalized spacial score (nSPS) is 15.3. The Balaban J connectivity index is 1.63. The number of fused-ring (bicyclic) bond motifs is 3. The minimum Gasteiger partial charge on any atom is -0.379 e. The van der Waals surface area contributed by atoms with Crippen LogP contribution in [0.25, 0.3) is 11.0 Å². The van der Waals surface area contributed by atoms with Gasteiger partial charge in [0.1, 0.15) is 6.04 Å². The van der Waals surface area contributed by atoms with Gasteiger partial charge in [0.15, 0.2) is 0 Å². The molecule has 0 bridgehead atoms. The topological polar surface area (TPSA) is 88.5 Å². The SMILES string of the molecule is CC[C@H](C)[C@H](NC(=O)N1CCn2c1nc1ccccc12)C(=O)NCCCOC(C)C. The highest BCUT2D eigenvalue weighted by Gasteiger charge is 2.32. The zero-order valence-corrected chi connectivity index (χ0v) is 18.4. The Kier molecular flexibility index (Phi) is 7.31. The quantitative estimate of drug-likeness (QED) is 0.617. The maximum absolute atomic E-state index is 13.0. The van der Waals surface area contributed by atoms with Crippen molar-refractivity contribution in [2.24, 2.45) is 5.92 Å². The van der Waals surface area contributed by atoms with Gasteiger partial charge >= 0.3 is 6.03 Å². The largest absolute Gasteiger partial charge is 0.379 e. The molecule has 8 nitrogen and oxygen atoms in total. The number of ether oxygens (including phenoxy) is 1. The molecule has 1 aliphatic heterocycles. The summed E-state index contributed by atoms with van der Waals surface area (Å²) in [4.78, 5) is 32.0. The molecule has 3 rings (SSSR count). The Labute approximate surface area is 178 Å². The maximum Gasteiger partial charge on any atom is 0.324 e. The standard InChI is InChI=1S/C22H33N5O3/c1-5-16(4)19(20(28)23-11-8-14-30-15(2)3)25-22(29)27-13-12-26-18-10-7-6-9-17(18)24-21(26)27/h6-7,9-10,15-16,19H,5,8,11-14H2,1-4H3,(H,23,28)(H,25,29)/t16-,19-/m0/s1. The predicted molar refractivity (Wildman–Crippen MR) is 118 cm³/mol. The van der Waals surface area contributed by atoms with Crippen LogP contribution >= 0.6 is 0 Å². The van der Waals surface area contributed by atoms with Crippen molar-refractivity contribution in [1.29, 1.82) is 0 Å². The van der Waals surface area contributed by atoms with Gasteiger partial charge in [0, 0.05) is 26.2 Å². The van der Waals surface area contributed by atoms with E-state index in [0.29, 0.717) is 32.2 Å². The van der Waals surface area contributed by atoms with Crippen LogP contribution in [0.15, 0.2) is 24.3 Å². The van der Waals surface area contributed by atoms with E-state index in [0.717, 1.165) is 23.9 Å². The van der Waals surface area contributed by atoms with E-state index < -0.39 is 6.04 Å². The Morgan fingerprint density at radius 1 is 1.20 bits per heavy atom. The Bertz CT molecular complexity index is 879. The van der Waals surface area contributed by atoms with Gasteiger partial charge in [-0.2, -0.15) is 0 Å². The van der Waals surface area contributed by atoms with Crippen molar-refractivity contribution < 1.29 is 14.3 Å². The van der Waals surface area contributed by atoms with E-state index in [2.05, 4.69) is 15.6 Å². The Morgan fingerprint density at radius 2 is 1.97 bits per heavy atom. The summed E-state index contributed by atoms with van der Waals surface area (Å²) in [7, 11) is 0. The molecular formula is C22H33N5O3. The molecule has 1 aliphatic rings. The number of nitrogens with one attached hydrogen (secondary N) is 2. The smallest absolute Gasteiger partial charge is 0.324 e. The molecule has 2 heterocycles. The predicted octanol–water partition coefficient (Wildman–Crippen LogP) is 2.91. The highest BCUT2D eigenvalue weighted by molar-refractivity contribution is 5.96. The fraction of sp³-hybridized carbons (Fsp3) is 0.591. The molecule has 2 N–H and O–H groups in total. The van der Waals surface area contributed by atoms with Crippen LogP contribution in [-0.2, 0) is 16.1 Å². The van der Waals surface area contributed by atoms with Gasteiger partial charge < -0.3 is 19.9 Å². The summed E-state index contributed by atoms with van der Waals surface area (Å²) in [6.07, 6.45) is 1.70. The van der Waals surface area contributed by atoms with Crippen LogP contribution in [0.4, 0.5) is 10.7 Å². The number of benzene rings is 1. The lowest BCUT2D eigenvalue weighted by molar-refractivity contribution is -0.124. The van der Waals surface area contributed by atoms with Crippen LogP contribution in [0, 0.1) is 5.92 Å². The number of aromatic nitrogens is 2. The molecule has 164 valence electrons. The second-order valence-electron chi connectivity index (χ2n) is 8.08. The van der Waals surface area contributed by atoms with Gasteiger partial charge in [-0.15, -0.1) is 0 Å². The molecule has 0 unspecified atom stereocenters. The van der Waals surface area contributed by atoms with Crippen LogP contribution in [0.3, 0.4) is 0 Å². The highest BCUT2D eigenvalue weighted by atomic mass is 16.5. The Hall–Kier alpha value is -2.61. The molecule has 30 heavy (non-hydrogen) atoms. The van der Waals surface area contributed by atoms with Crippen molar-refractivity contribution in [3.8, 4) is 0 Å². The molecule has 8 heteroatoms. The highest BCUT2D eigenvalue weighted by Crippen LogP contribution is 2.27. The van der Waals surface area contributed by atoms with Crippen molar-refractivity contribution in [1.82, 2.24) is 20.2 Å².